The Hall–Kier alpha value is -3.09. The standard InChI is InChI=1S/C17H20N6O/c1-3-22(4-2)17(24)23-10-8-12-11-13(5-6-14(12)23)20-15-7-9-19-16(18)21-15/h5-11H,3-4H2,1-2H3,(H3,18,19,20,21). The first-order valence-electron chi connectivity index (χ1n) is 7.88. The molecule has 0 saturated carbocycles. The monoisotopic (exact) mass is 324 g/mol. The molecule has 7 nitrogen and oxygen atoms in total. The van der Waals surface area contributed by atoms with Crippen molar-refractivity contribution in [1.29, 1.82) is 0 Å². The summed E-state index contributed by atoms with van der Waals surface area (Å²) in [5, 5.41) is 4.16. The van der Waals surface area contributed by atoms with Gasteiger partial charge in [-0.2, -0.15) is 4.98 Å². The second-order valence-corrected chi connectivity index (χ2v) is 5.34. The average molecular weight is 324 g/mol. The van der Waals surface area contributed by atoms with Gasteiger partial charge in [-0.1, -0.05) is 0 Å². The average Bonchev–Trinajstić information content (AvgIpc) is 2.99. The second-order valence-electron chi connectivity index (χ2n) is 5.34. The molecule has 1 aromatic carbocycles. The van der Waals surface area contributed by atoms with Crippen molar-refractivity contribution in [2.24, 2.45) is 0 Å². The van der Waals surface area contributed by atoms with Gasteiger partial charge in [0.15, 0.2) is 0 Å². The maximum atomic E-state index is 12.5. The number of anilines is 3. The van der Waals surface area contributed by atoms with E-state index in [0.29, 0.717) is 18.9 Å². The Morgan fingerprint density at radius 1 is 1.25 bits per heavy atom. The molecule has 3 rings (SSSR count). The third kappa shape index (κ3) is 3.01. The van der Waals surface area contributed by atoms with E-state index in [0.717, 1.165) is 16.6 Å². The van der Waals surface area contributed by atoms with Crippen LogP contribution in [0.1, 0.15) is 13.8 Å². The molecule has 124 valence electrons. The molecule has 2 aromatic heterocycles. The molecule has 7 heteroatoms. The highest BCUT2D eigenvalue weighted by atomic mass is 16.2. The largest absolute Gasteiger partial charge is 0.368 e. The number of benzene rings is 1. The van der Waals surface area contributed by atoms with Crippen molar-refractivity contribution in [3.63, 3.8) is 0 Å². The Morgan fingerprint density at radius 2 is 2.04 bits per heavy atom. The van der Waals surface area contributed by atoms with Crippen molar-refractivity contribution in [1.82, 2.24) is 19.4 Å². The molecule has 0 saturated heterocycles. The molecule has 1 amide bonds. The van der Waals surface area contributed by atoms with Crippen molar-refractivity contribution in [3.8, 4) is 0 Å². The van der Waals surface area contributed by atoms with Crippen LogP contribution in [-0.2, 0) is 0 Å². The Labute approximate surface area is 140 Å². The van der Waals surface area contributed by atoms with Gasteiger partial charge in [0, 0.05) is 36.6 Å². The minimum Gasteiger partial charge on any atom is -0.368 e. The molecule has 0 atom stereocenters. The number of carbonyl (C=O) groups excluding carboxylic acids is 1. The maximum Gasteiger partial charge on any atom is 0.328 e. The lowest BCUT2D eigenvalue weighted by Crippen LogP contribution is -2.33. The van der Waals surface area contributed by atoms with Gasteiger partial charge in [0.25, 0.3) is 0 Å². The molecular formula is C17H20N6O. The van der Waals surface area contributed by atoms with E-state index < -0.39 is 0 Å². The zero-order valence-electron chi connectivity index (χ0n) is 13.7. The minimum atomic E-state index is -0.0146. The van der Waals surface area contributed by atoms with Crippen LogP contribution >= 0.6 is 0 Å². The van der Waals surface area contributed by atoms with Crippen molar-refractivity contribution >= 4 is 34.4 Å². The lowest BCUT2D eigenvalue weighted by molar-refractivity contribution is 0.206. The summed E-state index contributed by atoms with van der Waals surface area (Å²) >= 11 is 0. The summed E-state index contributed by atoms with van der Waals surface area (Å²) in [7, 11) is 0. The summed E-state index contributed by atoms with van der Waals surface area (Å²) < 4.78 is 1.68. The Morgan fingerprint density at radius 3 is 2.75 bits per heavy atom. The van der Waals surface area contributed by atoms with Crippen molar-refractivity contribution < 1.29 is 4.79 Å². The molecule has 0 radical (unpaired) electrons. The predicted octanol–water partition coefficient (Wildman–Crippen LogP) is 3.07. The molecule has 0 aliphatic heterocycles. The van der Waals surface area contributed by atoms with Crippen LogP contribution in [0.3, 0.4) is 0 Å². The lowest BCUT2D eigenvalue weighted by Gasteiger charge is -2.19. The van der Waals surface area contributed by atoms with Crippen molar-refractivity contribution in [2.75, 3.05) is 24.1 Å². The van der Waals surface area contributed by atoms with Crippen LogP contribution < -0.4 is 11.1 Å². The van der Waals surface area contributed by atoms with E-state index in [9.17, 15) is 4.79 Å². The molecule has 0 bridgehead atoms. The third-order valence-electron chi connectivity index (χ3n) is 3.88. The highest BCUT2D eigenvalue weighted by Gasteiger charge is 2.14. The van der Waals surface area contributed by atoms with Gasteiger partial charge in [0.05, 0.1) is 5.52 Å². The third-order valence-corrected chi connectivity index (χ3v) is 3.88. The topological polar surface area (TPSA) is 89.1 Å². The molecule has 0 unspecified atom stereocenters. The van der Waals surface area contributed by atoms with Gasteiger partial charge in [-0.25, -0.2) is 9.78 Å². The van der Waals surface area contributed by atoms with Gasteiger partial charge in [-0.15, -0.1) is 0 Å². The number of fused-ring (bicyclic) bond motifs is 1. The summed E-state index contributed by atoms with van der Waals surface area (Å²) in [5.41, 5.74) is 7.33. The first-order chi connectivity index (χ1) is 11.6. The summed E-state index contributed by atoms with van der Waals surface area (Å²) in [6.07, 6.45) is 3.40. The number of nitrogens with one attached hydrogen (secondary N) is 1. The summed E-state index contributed by atoms with van der Waals surface area (Å²) in [6.45, 7) is 5.32. The molecule has 0 fully saturated rings. The van der Waals surface area contributed by atoms with Gasteiger partial charge >= 0.3 is 6.03 Å². The molecule has 0 aliphatic rings. The van der Waals surface area contributed by atoms with E-state index in [1.165, 1.54) is 0 Å². The van der Waals surface area contributed by atoms with Crippen LogP contribution in [0.25, 0.3) is 10.9 Å². The van der Waals surface area contributed by atoms with Crippen LogP contribution in [0.4, 0.5) is 22.2 Å². The van der Waals surface area contributed by atoms with E-state index in [-0.39, 0.29) is 12.0 Å². The molecule has 0 spiro atoms. The molecule has 3 N–H and O–H groups in total. The number of aromatic nitrogens is 3. The van der Waals surface area contributed by atoms with E-state index in [1.54, 1.807) is 27.9 Å². The summed E-state index contributed by atoms with van der Waals surface area (Å²) in [4.78, 5) is 22.3. The number of hydrogen-bond donors (Lipinski definition) is 2. The minimum absolute atomic E-state index is 0.0146. The van der Waals surface area contributed by atoms with Crippen LogP contribution in [0, 0.1) is 0 Å². The zero-order chi connectivity index (χ0) is 17.1. The van der Waals surface area contributed by atoms with Gasteiger partial charge in [0.2, 0.25) is 5.95 Å². The number of hydrogen-bond acceptors (Lipinski definition) is 5. The molecule has 0 aliphatic carbocycles. The highest BCUT2D eigenvalue weighted by molar-refractivity contribution is 5.93. The molecule has 3 aromatic rings. The zero-order valence-corrected chi connectivity index (χ0v) is 13.7. The van der Waals surface area contributed by atoms with Gasteiger partial charge in [-0.05, 0) is 44.2 Å². The predicted molar refractivity (Wildman–Crippen MR) is 95.4 cm³/mol. The van der Waals surface area contributed by atoms with Gasteiger partial charge < -0.3 is 16.0 Å². The SMILES string of the molecule is CCN(CC)C(=O)n1ccc2cc(Nc3ccnc(N)n3)ccc21. The quantitative estimate of drug-likeness (QED) is 0.770. The second kappa shape index (κ2) is 6.57. The lowest BCUT2D eigenvalue weighted by atomic mass is 10.2. The number of nitrogens with zero attached hydrogens (tertiary/aromatic N) is 4. The smallest absolute Gasteiger partial charge is 0.328 e. The molecule has 24 heavy (non-hydrogen) atoms. The van der Waals surface area contributed by atoms with Crippen molar-refractivity contribution in [2.45, 2.75) is 13.8 Å². The number of rotatable bonds is 4. The number of nitrogens with two attached hydrogens (primary N) is 1. The highest BCUT2D eigenvalue weighted by Crippen LogP contribution is 2.23. The van der Waals surface area contributed by atoms with Crippen molar-refractivity contribution in [3.05, 3.63) is 42.7 Å². The van der Waals surface area contributed by atoms with Gasteiger partial charge in [0.1, 0.15) is 5.82 Å². The Kier molecular flexibility index (Phi) is 4.33. The fourth-order valence-corrected chi connectivity index (χ4v) is 2.62. The van der Waals surface area contributed by atoms with E-state index in [1.807, 2.05) is 38.1 Å². The number of amides is 1. The molecular weight excluding hydrogens is 304 g/mol. The van der Waals surface area contributed by atoms with Crippen LogP contribution in [-0.4, -0.2) is 38.6 Å². The van der Waals surface area contributed by atoms with Crippen LogP contribution in [0.2, 0.25) is 0 Å². The Bertz CT molecular complexity index is 868. The maximum absolute atomic E-state index is 12.5. The van der Waals surface area contributed by atoms with E-state index in [2.05, 4.69) is 15.3 Å². The molecule has 2 heterocycles. The van der Waals surface area contributed by atoms with Gasteiger partial charge in [-0.3, -0.25) is 4.57 Å². The van der Waals surface area contributed by atoms with Crippen LogP contribution in [0.5, 0.6) is 0 Å². The number of carbonyl (C=O) groups is 1. The first kappa shape index (κ1) is 15.8. The fourth-order valence-electron chi connectivity index (χ4n) is 2.62. The Balaban J connectivity index is 1.89. The summed E-state index contributed by atoms with van der Waals surface area (Å²) in [5.74, 6) is 0.845. The normalized spacial score (nSPS) is 10.8. The fraction of sp³-hybridized carbons (Fsp3) is 0.235. The van der Waals surface area contributed by atoms with E-state index in [4.69, 9.17) is 5.73 Å². The van der Waals surface area contributed by atoms with Crippen LogP contribution in [0.15, 0.2) is 42.7 Å². The number of nitrogen functional groups attached to an aromatic ring is 1. The van der Waals surface area contributed by atoms with E-state index >= 15 is 0 Å². The first-order valence-corrected chi connectivity index (χ1v) is 7.88. The summed E-state index contributed by atoms with van der Waals surface area (Å²) in [6, 6.07) is 9.46.